The van der Waals surface area contributed by atoms with E-state index < -0.39 is 23.4 Å². The average molecular weight is 491 g/mol. The van der Waals surface area contributed by atoms with Crippen LogP contribution in [0.5, 0.6) is 0 Å². The Balaban J connectivity index is 1.99. The van der Waals surface area contributed by atoms with Crippen molar-refractivity contribution >= 4 is 46.6 Å². The van der Waals surface area contributed by atoms with Crippen LogP contribution in [0.15, 0.2) is 63.5 Å². The van der Waals surface area contributed by atoms with Crippen LogP contribution in [-0.4, -0.2) is 17.1 Å². The SMILES string of the molecule is CCOC(=O)C1=C(C)N=c2sc(=Cc3ccc(Cl)cc3Cl)c(=O)n2C1c1ccccc1F. The molecule has 0 aliphatic carbocycles. The lowest BCUT2D eigenvalue weighted by atomic mass is 9.95. The van der Waals surface area contributed by atoms with Crippen LogP contribution in [0, 0.1) is 5.82 Å². The zero-order valence-electron chi connectivity index (χ0n) is 17.1. The number of hydrogen-bond acceptors (Lipinski definition) is 5. The van der Waals surface area contributed by atoms with Gasteiger partial charge in [0, 0.05) is 15.6 Å². The molecule has 1 aliphatic heterocycles. The molecular formula is C23H17Cl2FN2O3S. The second-order valence-electron chi connectivity index (χ2n) is 6.99. The van der Waals surface area contributed by atoms with Crippen molar-refractivity contribution in [3.8, 4) is 0 Å². The summed E-state index contributed by atoms with van der Waals surface area (Å²) in [6.45, 7) is 3.46. The number of hydrogen-bond donors (Lipinski definition) is 0. The van der Waals surface area contributed by atoms with Gasteiger partial charge >= 0.3 is 5.97 Å². The number of carbonyl (C=O) groups excluding carboxylic acids is 1. The van der Waals surface area contributed by atoms with E-state index in [1.54, 1.807) is 56.3 Å². The highest BCUT2D eigenvalue weighted by atomic mass is 35.5. The van der Waals surface area contributed by atoms with Crippen LogP contribution in [0.1, 0.15) is 31.0 Å². The first-order valence-corrected chi connectivity index (χ1v) is 11.3. The molecule has 0 fully saturated rings. The van der Waals surface area contributed by atoms with Crippen molar-refractivity contribution in [2.24, 2.45) is 4.99 Å². The molecule has 1 aliphatic rings. The third kappa shape index (κ3) is 4.03. The number of ether oxygens (including phenoxy) is 1. The Kier molecular flexibility index (Phi) is 6.33. The molecule has 9 heteroatoms. The van der Waals surface area contributed by atoms with E-state index in [9.17, 15) is 14.0 Å². The molecule has 1 atom stereocenters. The fourth-order valence-electron chi connectivity index (χ4n) is 3.54. The topological polar surface area (TPSA) is 60.7 Å². The zero-order valence-corrected chi connectivity index (χ0v) is 19.4. The maximum Gasteiger partial charge on any atom is 0.338 e. The Hall–Kier alpha value is -2.74. The molecule has 32 heavy (non-hydrogen) atoms. The highest BCUT2D eigenvalue weighted by Gasteiger charge is 2.34. The van der Waals surface area contributed by atoms with E-state index in [1.165, 1.54) is 10.6 Å². The smallest absolute Gasteiger partial charge is 0.338 e. The van der Waals surface area contributed by atoms with Gasteiger partial charge in [0.15, 0.2) is 4.80 Å². The molecule has 5 nitrogen and oxygen atoms in total. The van der Waals surface area contributed by atoms with Gasteiger partial charge in [-0.15, -0.1) is 0 Å². The van der Waals surface area contributed by atoms with Crippen molar-refractivity contribution < 1.29 is 13.9 Å². The van der Waals surface area contributed by atoms with E-state index in [2.05, 4.69) is 4.99 Å². The largest absolute Gasteiger partial charge is 0.463 e. The van der Waals surface area contributed by atoms with Crippen molar-refractivity contribution in [2.75, 3.05) is 6.61 Å². The molecule has 164 valence electrons. The van der Waals surface area contributed by atoms with Crippen LogP contribution in [-0.2, 0) is 9.53 Å². The molecule has 0 spiro atoms. The van der Waals surface area contributed by atoms with E-state index in [4.69, 9.17) is 27.9 Å². The predicted molar refractivity (Wildman–Crippen MR) is 123 cm³/mol. The predicted octanol–water partition coefficient (Wildman–Crippen LogP) is 4.24. The number of allylic oxidation sites excluding steroid dienone is 1. The summed E-state index contributed by atoms with van der Waals surface area (Å²) in [5, 5.41) is 0.861. The van der Waals surface area contributed by atoms with Crippen LogP contribution in [0.4, 0.5) is 4.39 Å². The van der Waals surface area contributed by atoms with Crippen LogP contribution in [0.3, 0.4) is 0 Å². The minimum atomic E-state index is -1.01. The molecule has 1 aromatic heterocycles. The first-order valence-electron chi connectivity index (χ1n) is 9.71. The molecule has 0 saturated carbocycles. The molecule has 4 rings (SSSR count). The summed E-state index contributed by atoms with van der Waals surface area (Å²) in [5.41, 5.74) is 0.865. The van der Waals surface area contributed by atoms with Gasteiger partial charge in [0.05, 0.1) is 22.4 Å². The Bertz CT molecular complexity index is 1440. The molecular weight excluding hydrogens is 474 g/mol. The molecule has 0 amide bonds. The summed E-state index contributed by atoms with van der Waals surface area (Å²) in [6.07, 6.45) is 1.63. The maximum absolute atomic E-state index is 14.8. The summed E-state index contributed by atoms with van der Waals surface area (Å²) >= 11 is 13.4. The fourth-order valence-corrected chi connectivity index (χ4v) is 5.04. The fraction of sp³-hybridized carbons (Fsp3) is 0.174. The number of fused-ring (bicyclic) bond motifs is 1. The van der Waals surface area contributed by atoms with Crippen molar-refractivity contribution in [1.82, 2.24) is 4.57 Å². The summed E-state index contributed by atoms with van der Waals surface area (Å²) in [4.78, 5) is 31.0. The number of rotatable bonds is 4. The third-order valence-corrected chi connectivity index (χ3v) is 6.51. The highest BCUT2D eigenvalue weighted by molar-refractivity contribution is 7.07. The number of benzene rings is 2. The van der Waals surface area contributed by atoms with Gasteiger partial charge in [-0.1, -0.05) is 58.8 Å². The van der Waals surface area contributed by atoms with E-state index in [-0.39, 0.29) is 17.7 Å². The van der Waals surface area contributed by atoms with Gasteiger partial charge in [-0.3, -0.25) is 9.36 Å². The van der Waals surface area contributed by atoms with E-state index in [0.717, 1.165) is 11.3 Å². The quantitative estimate of drug-likeness (QED) is 0.513. The minimum Gasteiger partial charge on any atom is -0.463 e. The van der Waals surface area contributed by atoms with E-state index in [1.807, 2.05) is 0 Å². The van der Waals surface area contributed by atoms with Gasteiger partial charge in [0.2, 0.25) is 0 Å². The second-order valence-corrected chi connectivity index (χ2v) is 8.84. The Morgan fingerprint density at radius 1 is 1.28 bits per heavy atom. The third-order valence-electron chi connectivity index (χ3n) is 4.97. The highest BCUT2D eigenvalue weighted by Crippen LogP contribution is 2.32. The van der Waals surface area contributed by atoms with Crippen LogP contribution in [0.25, 0.3) is 6.08 Å². The van der Waals surface area contributed by atoms with Crippen LogP contribution < -0.4 is 14.9 Å². The van der Waals surface area contributed by atoms with Gasteiger partial charge in [-0.2, -0.15) is 0 Å². The van der Waals surface area contributed by atoms with Gasteiger partial charge in [-0.05, 0) is 43.7 Å². The summed E-state index contributed by atoms with van der Waals surface area (Å²) < 4.78 is 21.7. The Morgan fingerprint density at radius 3 is 2.72 bits per heavy atom. The number of halogens is 3. The monoisotopic (exact) mass is 490 g/mol. The van der Waals surface area contributed by atoms with Gasteiger partial charge in [-0.25, -0.2) is 14.2 Å². The van der Waals surface area contributed by atoms with Gasteiger partial charge < -0.3 is 4.74 Å². The molecule has 1 unspecified atom stereocenters. The van der Waals surface area contributed by atoms with Crippen LogP contribution >= 0.6 is 34.5 Å². The number of aromatic nitrogens is 1. The maximum atomic E-state index is 14.8. The summed E-state index contributed by atoms with van der Waals surface area (Å²) in [7, 11) is 0. The number of esters is 1. The first kappa shape index (κ1) is 22.5. The lowest BCUT2D eigenvalue weighted by Gasteiger charge is -2.24. The van der Waals surface area contributed by atoms with E-state index in [0.29, 0.717) is 30.6 Å². The number of nitrogens with zero attached hydrogens (tertiary/aromatic N) is 2. The Labute approximate surface area is 196 Å². The lowest BCUT2D eigenvalue weighted by molar-refractivity contribution is -0.139. The van der Waals surface area contributed by atoms with Crippen molar-refractivity contribution in [3.63, 3.8) is 0 Å². The Morgan fingerprint density at radius 2 is 2.03 bits per heavy atom. The number of carbonyl (C=O) groups is 1. The first-order chi connectivity index (χ1) is 15.3. The van der Waals surface area contributed by atoms with Crippen LogP contribution in [0.2, 0.25) is 10.0 Å². The molecule has 3 aromatic rings. The zero-order chi connectivity index (χ0) is 23.0. The second kappa shape index (κ2) is 9.02. The number of thiazole rings is 1. The molecule has 2 heterocycles. The van der Waals surface area contributed by atoms with Crippen molar-refractivity contribution in [1.29, 1.82) is 0 Å². The van der Waals surface area contributed by atoms with Gasteiger partial charge in [0.25, 0.3) is 5.56 Å². The normalized spacial score (nSPS) is 16.0. The minimum absolute atomic E-state index is 0.125. The average Bonchev–Trinajstić information content (AvgIpc) is 3.04. The lowest BCUT2D eigenvalue weighted by Crippen LogP contribution is -2.40. The summed E-state index contributed by atoms with van der Waals surface area (Å²) in [5.74, 6) is -1.18. The molecule has 0 radical (unpaired) electrons. The molecule has 2 aromatic carbocycles. The van der Waals surface area contributed by atoms with Gasteiger partial charge in [0.1, 0.15) is 11.9 Å². The molecule has 0 N–H and O–H groups in total. The standard InChI is InChI=1S/C23H17Cl2FN2O3S/c1-3-31-22(30)19-12(2)27-23-28(20(19)15-6-4-5-7-17(15)26)21(29)18(32-23)10-13-8-9-14(24)11-16(13)25/h4-11,20H,3H2,1-2H3. The van der Waals surface area contributed by atoms with E-state index >= 15 is 0 Å². The van der Waals surface area contributed by atoms with Crippen molar-refractivity contribution in [2.45, 2.75) is 19.9 Å². The summed E-state index contributed by atoms with van der Waals surface area (Å²) in [6, 6.07) is 9.98. The van der Waals surface area contributed by atoms with Crippen molar-refractivity contribution in [3.05, 3.63) is 100 Å². The molecule has 0 saturated heterocycles. The molecule has 0 bridgehead atoms.